The van der Waals surface area contributed by atoms with Gasteiger partial charge in [-0.15, -0.1) is 0 Å². The lowest BCUT2D eigenvalue weighted by Gasteiger charge is -2.23. The second-order valence-electron chi connectivity index (χ2n) is 7.64. The van der Waals surface area contributed by atoms with Crippen molar-refractivity contribution in [2.75, 3.05) is 0 Å². The van der Waals surface area contributed by atoms with Crippen molar-refractivity contribution in [3.63, 3.8) is 0 Å². The number of carbonyl (C=O) groups is 1. The predicted molar refractivity (Wildman–Crippen MR) is 109 cm³/mol. The van der Waals surface area contributed by atoms with Crippen molar-refractivity contribution in [2.45, 2.75) is 44.8 Å². The Morgan fingerprint density at radius 2 is 2.10 bits per heavy atom. The number of benzene rings is 1. The standard InChI is InChI=1S/C22H23FN4O3/c1-13(2)21-18(8-7-17-9-16(28)10-20(29)30-17)22(14-3-5-15(23)6-4-14)27(26-21)19-11-24-12-25-19/h3-8,11-13,16-17,28H,9-10H2,1-2H3,(H,24,25)/b8-7+/t16-,17-/m1/s1. The first-order chi connectivity index (χ1) is 14.4. The number of rotatable bonds is 5. The number of hydrogen-bond acceptors (Lipinski definition) is 5. The second kappa shape index (κ2) is 8.23. The fourth-order valence-corrected chi connectivity index (χ4v) is 3.59. The van der Waals surface area contributed by atoms with Crippen molar-refractivity contribution in [1.82, 2.24) is 19.7 Å². The molecule has 0 radical (unpaired) electrons. The molecule has 1 aliphatic heterocycles. The van der Waals surface area contributed by atoms with E-state index < -0.39 is 18.2 Å². The zero-order valence-electron chi connectivity index (χ0n) is 16.7. The van der Waals surface area contributed by atoms with Crippen LogP contribution < -0.4 is 0 Å². The van der Waals surface area contributed by atoms with Crippen molar-refractivity contribution < 1.29 is 19.0 Å². The van der Waals surface area contributed by atoms with Crippen molar-refractivity contribution in [2.24, 2.45) is 0 Å². The molecule has 0 saturated carbocycles. The van der Waals surface area contributed by atoms with Crippen LogP contribution in [-0.4, -0.2) is 43.0 Å². The summed E-state index contributed by atoms with van der Waals surface area (Å²) in [5.74, 6) is 0.0398. The molecule has 0 amide bonds. The van der Waals surface area contributed by atoms with Gasteiger partial charge < -0.3 is 14.8 Å². The van der Waals surface area contributed by atoms with Crippen molar-refractivity contribution in [3.05, 3.63) is 59.9 Å². The van der Waals surface area contributed by atoms with E-state index in [1.54, 1.807) is 35.4 Å². The van der Waals surface area contributed by atoms with Crippen LogP contribution in [0.1, 0.15) is 43.9 Å². The highest BCUT2D eigenvalue weighted by molar-refractivity contribution is 5.76. The van der Waals surface area contributed by atoms with Crippen LogP contribution in [0.3, 0.4) is 0 Å². The molecule has 1 aliphatic rings. The van der Waals surface area contributed by atoms with Gasteiger partial charge in [-0.3, -0.25) is 4.79 Å². The molecule has 0 aliphatic carbocycles. The Morgan fingerprint density at radius 1 is 1.33 bits per heavy atom. The highest BCUT2D eigenvalue weighted by Gasteiger charge is 2.26. The number of aromatic nitrogens is 4. The van der Waals surface area contributed by atoms with Crippen LogP contribution in [0.4, 0.5) is 4.39 Å². The number of halogens is 1. The molecule has 30 heavy (non-hydrogen) atoms. The minimum absolute atomic E-state index is 0.0141. The molecular formula is C22H23FN4O3. The van der Waals surface area contributed by atoms with Gasteiger partial charge in [0, 0.05) is 17.5 Å². The second-order valence-corrected chi connectivity index (χ2v) is 7.64. The fraction of sp³-hybridized carbons (Fsp3) is 0.318. The predicted octanol–water partition coefficient (Wildman–Crippen LogP) is 3.60. The topological polar surface area (TPSA) is 93.0 Å². The van der Waals surface area contributed by atoms with Crippen molar-refractivity contribution in [3.8, 4) is 17.1 Å². The number of aliphatic hydroxyl groups excluding tert-OH is 1. The van der Waals surface area contributed by atoms with E-state index in [1.807, 2.05) is 19.9 Å². The summed E-state index contributed by atoms with van der Waals surface area (Å²) in [6.07, 6.45) is 6.00. The molecule has 1 saturated heterocycles. The molecule has 3 aromatic rings. The Hall–Kier alpha value is -3.26. The zero-order chi connectivity index (χ0) is 21.3. The summed E-state index contributed by atoms with van der Waals surface area (Å²) in [6.45, 7) is 4.08. The molecule has 7 nitrogen and oxygen atoms in total. The number of imidazole rings is 1. The molecule has 0 unspecified atom stereocenters. The fourth-order valence-electron chi connectivity index (χ4n) is 3.59. The molecule has 0 bridgehead atoms. The third kappa shape index (κ3) is 4.04. The van der Waals surface area contributed by atoms with Gasteiger partial charge in [-0.1, -0.05) is 19.9 Å². The lowest BCUT2D eigenvalue weighted by Crippen LogP contribution is -2.31. The van der Waals surface area contributed by atoms with Gasteiger partial charge >= 0.3 is 5.97 Å². The molecule has 2 aromatic heterocycles. The maximum atomic E-state index is 13.5. The van der Waals surface area contributed by atoms with E-state index in [-0.39, 0.29) is 18.2 Å². The monoisotopic (exact) mass is 410 g/mol. The van der Waals surface area contributed by atoms with E-state index in [1.165, 1.54) is 12.1 Å². The van der Waals surface area contributed by atoms with Crippen LogP contribution in [-0.2, 0) is 9.53 Å². The number of hydrogen-bond donors (Lipinski definition) is 2. The quantitative estimate of drug-likeness (QED) is 0.627. The van der Waals surface area contributed by atoms with Gasteiger partial charge in [0.2, 0.25) is 0 Å². The summed E-state index contributed by atoms with van der Waals surface area (Å²) in [5.41, 5.74) is 3.22. The minimum atomic E-state index is -0.713. The Morgan fingerprint density at radius 3 is 2.73 bits per heavy atom. The van der Waals surface area contributed by atoms with E-state index in [4.69, 9.17) is 9.84 Å². The SMILES string of the molecule is CC(C)c1nn(-c2cnc[nH]2)c(-c2ccc(F)cc2)c1/C=C/[C@@H]1C[C@@H](O)CC(=O)O1. The van der Waals surface area contributed by atoms with Crippen LogP contribution in [0.15, 0.2) is 42.9 Å². The van der Waals surface area contributed by atoms with Gasteiger partial charge in [-0.25, -0.2) is 14.1 Å². The molecule has 156 valence electrons. The lowest BCUT2D eigenvalue weighted by atomic mass is 9.98. The first-order valence-electron chi connectivity index (χ1n) is 9.85. The van der Waals surface area contributed by atoms with E-state index in [0.29, 0.717) is 12.2 Å². The number of ether oxygens (including phenoxy) is 1. The molecule has 8 heteroatoms. The van der Waals surface area contributed by atoms with Crippen LogP contribution in [0.5, 0.6) is 0 Å². The maximum absolute atomic E-state index is 13.5. The molecule has 2 N–H and O–H groups in total. The number of nitrogens with zero attached hydrogens (tertiary/aromatic N) is 3. The van der Waals surface area contributed by atoms with E-state index in [0.717, 1.165) is 22.5 Å². The summed E-state index contributed by atoms with van der Waals surface area (Å²) < 4.78 is 20.6. The Bertz CT molecular complexity index is 1060. The van der Waals surface area contributed by atoms with Gasteiger partial charge in [-0.05, 0) is 36.3 Å². The van der Waals surface area contributed by atoms with Gasteiger partial charge in [-0.2, -0.15) is 5.10 Å². The van der Waals surface area contributed by atoms with Gasteiger partial charge in [0.15, 0.2) is 5.82 Å². The first-order valence-corrected chi connectivity index (χ1v) is 9.85. The normalized spacial score (nSPS) is 19.6. The van der Waals surface area contributed by atoms with Gasteiger partial charge in [0.05, 0.1) is 36.4 Å². The first kappa shape index (κ1) is 20.0. The summed E-state index contributed by atoms with van der Waals surface area (Å²) in [7, 11) is 0. The highest BCUT2D eigenvalue weighted by Crippen LogP contribution is 2.33. The summed E-state index contributed by atoms with van der Waals surface area (Å²) in [4.78, 5) is 18.8. The number of nitrogens with one attached hydrogen (secondary N) is 1. The number of carbonyl (C=O) groups excluding carboxylic acids is 1. The maximum Gasteiger partial charge on any atom is 0.309 e. The number of esters is 1. The largest absolute Gasteiger partial charge is 0.458 e. The minimum Gasteiger partial charge on any atom is -0.458 e. The van der Waals surface area contributed by atoms with Crippen molar-refractivity contribution in [1.29, 1.82) is 0 Å². The number of aromatic amines is 1. The van der Waals surface area contributed by atoms with Crippen LogP contribution >= 0.6 is 0 Å². The molecule has 4 rings (SSSR count). The number of cyclic esters (lactones) is 1. The zero-order valence-corrected chi connectivity index (χ0v) is 16.7. The lowest BCUT2D eigenvalue weighted by molar-refractivity contribution is -0.156. The number of H-pyrrole nitrogens is 1. The van der Waals surface area contributed by atoms with Crippen molar-refractivity contribution >= 4 is 12.0 Å². The van der Waals surface area contributed by atoms with E-state index in [2.05, 4.69) is 9.97 Å². The smallest absolute Gasteiger partial charge is 0.309 e. The van der Waals surface area contributed by atoms with Gasteiger partial charge in [0.1, 0.15) is 11.9 Å². The summed E-state index contributed by atoms with van der Waals surface area (Å²) >= 11 is 0. The van der Waals surface area contributed by atoms with Gasteiger partial charge in [0.25, 0.3) is 0 Å². The molecule has 3 heterocycles. The van der Waals surface area contributed by atoms with E-state index in [9.17, 15) is 14.3 Å². The molecule has 2 atom stereocenters. The van der Waals surface area contributed by atoms with E-state index >= 15 is 0 Å². The third-order valence-electron chi connectivity index (χ3n) is 4.99. The average Bonchev–Trinajstić information content (AvgIpc) is 3.34. The summed E-state index contributed by atoms with van der Waals surface area (Å²) in [5, 5.41) is 14.7. The number of aliphatic hydroxyl groups is 1. The highest BCUT2D eigenvalue weighted by atomic mass is 19.1. The Labute approximate surface area is 173 Å². The Balaban J connectivity index is 1.84. The summed E-state index contributed by atoms with van der Waals surface area (Å²) in [6, 6.07) is 6.21. The molecule has 1 aromatic carbocycles. The average molecular weight is 410 g/mol. The van der Waals surface area contributed by atoms with Crippen LogP contribution in [0.2, 0.25) is 0 Å². The molecular weight excluding hydrogens is 387 g/mol. The van der Waals surface area contributed by atoms with Crippen LogP contribution in [0.25, 0.3) is 23.2 Å². The Kier molecular flexibility index (Phi) is 5.50. The van der Waals surface area contributed by atoms with Crippen LogP contribution in [0, 0.1) is 5.82 Å². The third-order valence-corrected chi connectivity index (χ3v) is 4.99. The molecule has 1 fully saturated rings. The molecule has 0 spiro atoms.